The fourth-order valence-corrected chi connectivity index (χ4v) is 3.44. The predicted molar refractivity (Wildman–Crippen MR) is 88.0 cm³/mol. The van der Waals surface area contributed by atoms with Gasteiger partial charge in [0.2, 0.25) is 11.8 Å². The molecule has 1 atom stereocenters. The van der Waals surface area contributed by atoms with Gasteiger partial charge in [0.05, 0.1) is 39.1 Å². The highest BCUT2D eigenvalue weighted by molar-refractivity contribution is 5.89. The van der Waals surface area contributed by atoms with E-state index in [1.54, 1.807) is 17.0 Å². The van der Waals surface area contributed by atoms with Crippen LogP contribution in [0.1, 0.15) is 12.0 Å². The van der Waals surface area contributed by atoms with E-state index in [9.17, 15) is 14.0 Å². The SMILES string of the molecule is C[NH+]1CCN(C(=O)[C@@H]2CC(=O)N(CCc3ccc(F)cc3)C2)CC1. The van der Waals surface area contributed by atoms with E-state index in [2.05, 4.69) is 7.05 Å². The predicted octanol–water partition coefficient (Wildman–Crippen LogP) is -0.426. The van der Waals surface area contributed by atoms with Crippen LogP contribution in [0.4, 0.5) is 4.39 Å². The molecule has 1 N–H and O–H groups in total. The number of amides is 2. The number of rotatable bonds is 4. The summed E-state index contributed by atoms with van der Waals surface area (Å²) in [5.74, 6) is -0.282. The van der Waals surface area contributed by atoms with Crippen LogP contribution >= 0.6 is 0 Å². The topological polar surface area (TPSA) is 45.1 Å². The number of likely N-dealkylation sites (tertiary alicyclic amines) is 1. The molecule has 1 aromatic rings. The first-order chi connectivity index (χ1) is 11.5. The lowest BCUT2D eigenvalue weighted by atomic mass is 10.1. The summed E-state index contributed by atoms with van der Waals surface area (Å²) in [6.45, 7) is 4.61. The molecule has 5 nitrogen and oxygen atoms in total. The Bertz CT molecular complexity index is 597. The molecule has 24 heavy (non-hydrogen) atoms. The van der Waals surface area contributed by atoms with Gasteiger partial charge in [0.15, 0.2) is 0 Å². The zero-order valence-corrected chi connectivity index (χ0v) is 14.1. The monoisotopic (exact) mass is 334 g/mol. The fraction of sp³-hybridized carbons (Fsp3) is 0.556. The molecule has 130 valence electrons. The summed E-state index contributed by atoms with van der Waals surface area (Å²) in [6.07, 6.45) is 1.01. The Balaban J connectivity index is 1.51. The first kappa shape index (κ1) is 16.9. The lowest BCUT2D eigenvalue weighted by molar-refractivity contribution is -0.883. The van der Waals surface area contributed by atoms with E-state index in [0.717, 1.165) is 31.7 Å². The second-order valence-corrected chi connectivity index (χ2v) is 6.90. The number of hydrogen-bond acceptors (Lipinski definition) is 2. The number of likely N-dealkylation sites (N-methyl/N-ethyl adjacent to an activating group) is 1. The normalized spacial score (nSPS) is 22.2. The molecule has 0 unspecified atom stereocenters. The molecule has 2 aliphatic heterocycles. The highest BCUT2D eigenvalue weighted by Gasteiger charge is 2.37. The summed E-state index contributed by atoms with van der Waals surface area (Å²) in [4.78, 5) is 29.9. The smallest absolute Gasteiger partial charge is 0.228 e. The zero-order valence-electron chi connectivity index (χ0n) is 14.1. The van der Waals surface area contributed by atoms with E-state index in [1.807, 2.05) is 4.90 Å². The quantitative estimate of drug-likeness (QED) is 0.812. The Labute approximate surface area is 142 Å². The van der Waals surface area contributed by atoms with Crippen molar-refractivity contribution in [1.82, 2.24) is 9.80 Å². The summed E-state index contributed by atoms with van der Waals surface area (Å²) in [6, 6.07) is 6.35. The van der Waals surface area contributed by atoms with Crippen LogP contribution in [-0.2, 0) is 16.0 Å². The molecular weight excluding hydrogens is 309 g/mol. The molecule has 0 spiro atoms. The van der Waals surface area contributed by atoms with Gasteiger partial charge < -0.3 is 14.7 Å². The highest BCUT2D eigenvalue weighted by atomic mass is 19.1. The molecule has 2 fully saturated rings. The third-order valence-electron chi connectivity index (χ3n) is 5.08. The van der Waals surface area contributed by atoms with E-state index in [0.29, 0.717) is 25.9 Å². The third kappa shape index (κ3) is 3.93. The minimum absolute atomic E-state index is 0.0511. The van der Waals surface area contributed by atoms with Crippen LogP contribution in [0.5, 0.6) is 0 Å². The van der Waals surface area contributed by atoms with E-state index >= 15 is 0 Å². The first-order valence-electron chi connectivity index (χ1n) is 8.65. The van der Waals surface area contributed by atoms with Gasteiger partial charge in [-0.3, -0.25) is 9.59 Å². The van der Waals surface area contributed by atoms with Crippen LogP contribution in [0.2, 0.25) is 0 Å². The highest BCUT2D eigenvalue weighted by Crippen LogP contribution is 2.20. The number of benzene rings is 1. The first-order valence-corrected chi connectivity index (χ1v) is 8.65. The Morgan fingerprint density at radius 2 is 1.92 bits per heavy atom. The number of carbonyl (C=O) groups is 2. The van der Waals surface area contributed by atoms with Crippen LogP contribution in [0.25, 0.3) is 0 Å². The van der Waals surface area contributed by atoms with Gasteiger partial charge in [-0.05, 0) is 24.1 Å². The largest absolute Gasteiger partial charge is 0.342 e. The van der Waals surface area contributed by atoms with Crippen molar-refractivity contribution in [3.8, 4) is 0 Å². The van der Waals surface area contributed by atoms with Crippen molar-refractivity contribution in [1.29, 1.82) is 0 Å². The number of hydrogen-bond donors (Lipinski definition) is 1. The van der Waals surface area contributed by atoms with Crippen molar-refractivity contribution in [2.24, 2.45) is 5.92 Å². The standard InChI is InChI=1S/C18H24FN3O2/c1-20-8-10-21(11-9-20)18(24)15-12-17(23)22(13-15)7-6-14-2-4-16(19)5-3-14/h2-5,15H,6-13H2,1H3/p+1/t15-/m1/s1. The van der Waals surface area contributed by atoms with E-state index in [-0.39, 0.29) is 23.5 Å². The molecule has 2 amide bonds. The van der Waals surface area contributed by atoms with Crippen LogP contribution in [-0.4, -0.2) is 67.9 Å². The van der Waals surface area contributed by atoms with Gasteiger partial charge in [-0.25, -0.2) is 4.39 Å². The molecule has 0 saturated carbocycles. The summed E-state index contributed by atoms with van der Waals surface area (Å²) in [7, 11) is 2.14. The van der Waals surface area contributed by atoms with Crippen molar-refractivity contribution >= 4 is 11.8 Å². The van der Waals surface area contributed by atoms with Gasteiger partial charge in [0, 0.05) is 19.5 Å². The second kappa shape index (κ2) is 7.30. The molecule has 2 saturated heterocycles. The van der Waals surface area contributed by atoms with Gasteiger partial charge in [-0.2, -0.15) is 0 Å². The van der Waals surface area contributed by atoms with Crippen LogP contribution in [0, 0.1) is 11.7 Å². The summed E-state index contributed by atoms with van der Waals surface area (Å²) >= 11 is 0. The van der Waals surface area contributed by atoms with Crippen molar-refractivity contribution in [3.63, 3.8) is 0 Å². The number of piperazine rings is 1. The maximum atomic E-state index is 12.9. The summed E-state index contributed by atoms with van der Waals surface area (Å²) in [5.41, 5.74) is 1.00. The number of halogens is 1. The maximum Gasteiger partial charge on any atom is 0.228 e. The van der Waals surface area contributed by atoms with Crippen molar-refractivity contribution in [2.75, 3.05) is 46.3 Å². The van der Waals surface area contributed by atoms with Gasteiger partial charge >= 0.3 is 0 Å². The van der Waals surface area contributed by atoms with E-state index < -0.39 is 0 Å². The van der Waals surface area contributed by atoms with Crippen LogP contribution < -0.4 is 4.90 Å². The van der Waals surface area contributed by atoms with Gasteiger partial charge in [-0.15, -0.1) is 0 Å². The summed E-state index contributed by atoms with van der Waals surface area (Å²) in [5, 5.41) is 0. The average Bonchev–Trinajstić information content (AvgIpc) is 2.95. The van der Waals surface area contributed by atoms with E-state index in [1.165, 1.54) is 17.0 Å². The molecule has 1 aromatic carbocycles. The Kier molecular flexibility index (Phi) is 5.14. The molecule has 0 aromatic heterocycles. The number of nitrogens with one attached hydrogen (secondary N) is 1. The second-order valence-electron chi connectivity index (χ2n) is 6.90. The van der Waals surface area contributed by atoms with Gasteiger partial charge in [-0.1, -0.05) is 12.1 Å². The Morgan fingerprint density at radius 3 is 2.58 bits per heavy atom. The van der Waals surface area contributed by atoms with Crippen molar-refractivity contribution in [2.45, 2.75) is 12.8 Å². The van der Waals surface area contributed by atoms with E-state index in [4.69, 9.17) is 0 Å². The maximum absolute atomic E-state index is 12.9. The average molecular weight is 334 g/mol. The molecule has 0 aliphatic carbocycles. The number of carbonyl (C=O) groups excluding carboxylic acids is 2. The number of nitrogens with zero attached hydrogens (tertiary/aromatic N) is 2. The molecule has 0 bridgehead atoms. The van der Waals surface area contributed by atoms with Crippen molar-refractivity contribution in [3.05, 3.63) is 35.6 Å². The van der Waals surface area contributed by atoms with Crippen LogP contribution in [0.15, 0.2) is 24.3 Å². The molecule has 3 rings (SSSR count). The minimum atomic E-state index is -0.254. The molecule has 6 heteroatoms. The van der Waals surface area contributed by atoms with Gasteiger partial charge in [0.1, 0.15) is 5.82 Å². The van der Waals surface area contributed by atoms with Gasteiger partial charge in [0.25, 0.3) is 0 Å². The Hall–Kier alpha value is -1.95. The summed E-state index contributed by atoms with van der Waals surface area (Å²) < 4.78 is 12.9. The minimum Gasteiger partial charge on any atom is -0.342 e. The van der Waals surface area contributed by atoms with Crippen LogP contribution in [0.3, 0.4) is 0 Å². The molecule has 2 heterocycles. The fourth-order valence-electron chi connectivity index (χ4n) is 3.44. The molecule has 0 radical (unpaired) electrons. The molecular formula is C18H25FN3O2+. The van der Waals surface area contributed by atoms with Crippen molar-refractivity contribution < 1.29 is 18.9 Å². The third-order valence-corrected chi connectivity index (χ3v) is 5.08. The lowest BCUT2D eigenvalue weighted by Gasteiger charge is -2.31. The zero-order chi connectivity index (χ0) is 17.1. The Morgan fingerprint density at radius 1 is 1.25 bits per heavy atom. The molecule has 2 aliphatic rings. The lowest BCUT2D eigenvalue weighted by Crippen LogP contribution is -3.12. The number of quaternary nitrogens is 1.